The lowest BCUT2D eigenvalue weighted by Crippen LogP contribution is -2.45. The van der Waals surface area contributed by atoms with Gasteiger partial charge in [0.05, 0.1) is 13.0 Å². The van der Waals surface area contributed by atoms with Crippen LogP contribution in [0.2, 0.25) is 0 Å². The standard InChI is InChI=1S/C21H30N2O5/c1-14(18(24)22-16-6-8-17(27-5)9-7-16)28-19(25)15-10-12-23(13-11-15)20(26)21(2,3)4/h6-9,14-15H,10-13H2,1-5H3,(H,22,24)/t14-/m0/s1. The van der Waals surface area contributed by atoms with Crippen LogP contribution in [-0.2, 0) is 19.1 Å². The van der Waals surface area contributed by atoms with Gasteiger partial charge < -0.3 is 19.7 Å². The third kappa shape index (κ3) is 5.71. The van der Waals surface area contributed by atoms with Crippen LogP contribution in [0, 0.1) is 11.3 Å². The highest BCUT2D eigenvalue weighted by atomic mass is 16.5. The third-order valence-corrected chi connectivity index (χ3v) is 4.78. The molecule has 1 aliphatic rings. The summed E-state index contributed by atoms with van der Waals surface area (Å²) < 4.78 is 10.4. The number of nitrogens with one attached hydrogen (secondary N) is 1. The second kappa shape index (κ2) is 9.08. The number of piperidine rings is 1. The molecule has 1 heterocycles. The number of hydrogen-bond acceptors (Lipinski definition) is 5. The number of rotatable bonds is 5. The van der Waals surface area contributed by atoms with Gasteiger partial charge >= 0.3 is 5.97 Å². The maximum Gasteiger partial charge on any atom is 0.309 e. The molecular weight excluding hydrogens is 360 g/mol. The average molecular weight is 390 g/mol. The molecule has 1 fully saturated rings. The van der Waals surface area contributed by atoms with Gasteiger partial charge in [0.25, 0.3) is 5.91 Å². The first-order valence-electron chi connectivity index (χ1n) is 9.56. The minimum atomic E-state index is -0.899. The molecule has 0 unspecified atom stereocenters. The second-order valence-corrected chi connectivity index (χ2v) is 8.11. The van der Waals surface area contributed by atoms with E-state index in [2.05, 4.69) is 5.32 Å². The summed E-state index contributed by atoms with van der Waals surface area (Å²) in [6.45, 7) is 8.27. The fourth-order valence-electron chi connectivity index (χ4n) is 3.03. The highest BCUT2D eigenvalue weighted by Crippen LogP contribution is 2.24. The molecular formula is C21H30N2O5. The van der Waals surface area contributed by atoms with Crippen LogP contribution in [-0.4, -0.2) is 49.0 Å². The quantitative estimate of drug-likeness (QED) is 0.782. The van der Waals surface area contributed by atoms with Gasteiger partial charge in [-0.05, 0) is 44.0 Å². The first kappa shape index (κ1) is 21.7. The van der Waals surface area contributed by atoms with Crippen molar-refractivity contribution in [2.75, 3.05) is 25.5 Å². The molecule has 154 valence electrons. The monoisotopic (exact) mass is 390 g/mol. The van der Waals surface area contributed by atoms with Gasteiger partial charge in [0.2, 0.25) is 5.91 Å². The average Bonchev–Trinajstić information content (AvgIpc) is 2.67. The summed E-state index contributed by atoms with van der Waals surface area (Å²) in [5, 5.41) is 2.72. The zero-order valence-electron chi connectivity index (χ0n) is 17.3. The number of benzene rings is 1. The second-order valence-electron chi connectivity index (χ2n) is 8.11. The number of ether oxygens (including phenoxy) is 2. The van der Waals surface area contributed by atoms with E-state index < -0.39 is 11.5 Å². The van der Waals surface area contributed by atoms with Gasteiger partial charge in [0, 0.05) is 24.2 Å². The minimum Gasteiger partial charge on any atom is -0.497 e. The number of likely N-dealkylation sites (tertiary alicyclic amines) is 1. The Hall–Kier alpha value is -2.57. The molecule has 0 aliphatic carbocycles. The maximum absolute atomic E-state index is 12.4. The summed E-state index contributed by atoms with van der Waals surface area (Å²) in [4.78, 5) is 38.8. The fraction of sp³-hybridized carbons (Fsp3) is 0.571. The van der Waals surface area contributed by atoms with E-state index in [-0.39, 0.29) is 23.7 Å². The van der Waals surface area contributed by atoms with Crippen LogP contribution in [0.5, 0.6) is 5.75 Å². The van der Waals surface area contributed by atoms with Gasteiger partial charge in [-0.3, -0.25) is 14.4 Å². The van der Waals surface area contributed by atoms with Crippen LogP contribution in [0.1, 0.15) is 40.5 Å². The summed E-state index contributed by atoms with van der Waals surface area (Å²) in [6.07, 6.45) is 0.199. The first-order chi connectivity index (χ1) is 13.1. The molecule has 1 N–H and O–H groups in total. The number of carbonyl (C=O) groups is 3. The topological polar surface area (TPSA) is 84.9 Å². The van der Waals surface area contributed by atoms with Crippen LogP contribution < -0.4 is 10.1 Å². The zero-order valence-corrected chi connectivity index (χ0v) is 17.3. The predicted octanol–water partition coefficient (Wildman–Crippen LogP) is 2.85. The van der Waals surface area contributed by atoms with Crippen molar-refractivity contribution in [3.8, 4) is 5.75 Å². The van der Waals surface area contributed by atoms with Crippen LogP contribution >= 0.6 is 0 Å². The summed E-state index contributed by atoms with van der Waals surface area (Å²) >= 11 is 0. The Kier molecular flexibility index (Phi) is 7.05. The lowest BCUT2D eigenvalue weighted by molar-refractivity contribution is -0.160. The van der Waals surface area contributed by atoms with Gasteiger partial charge in [-0.15, -0.1) is 0 Å². The minimum absolute atomic E-state index is 0.0894. The van der Waals surface area contributed by atoms with E-state index in [0.29, 0.717) is 37.4 Å². The van der Waals surface area contributed by atoms with Crippen molar-refractivity contribution in [3.05, 3.63) is 24.3 Å². The Labute approximate surface area is 166 Å². The lowest BCUT2D eigenvalue weighted by atomic mass is 9.91. The molecule has 2 amide bonds. The van der Waals surface area contributed by atoms with E-state index in [1.807, 2.05) is 20.8 Å². The summed E-state index contributed by atoms with van der Waals surface area (Å²) in [5.41, 5.74) is 0.171. The fourth-order valence-corrected chi connectivity index (χ4v) is 3.03. The smallest absolute Gasteiger partial charge is 0.309 e. The van der Waals surface area contributed by atoms with Crippen molar-refractivity contribution in [3.63, 3.8) is 0 Å². The Morgan fingerprint density at radius 2 is 1.68 bits per heavy atom. The van der Waals surface area contributed by atoms with E-state index in [9.17, 15) is 14.4 Å². The van der Waals surface area contributed by atoms with Crippen molar-refractivity contribution >= 4 is 23.5 Å². The van der Waals surface area contributed by atoms with Gasteiger partial charge in [0.1, 0.15) is 5.75 Å². The largest absolute Gasteiger partial charge is 0.497 e. The molecule has 7 heteroatoms. The number of anilines is 1. The molecule has 0 aromatic heterocycles. The molecule has 1 aromatic carbocycles. The number of methoxy groups -OCH3 is 1. The van der Waals surface area contributed by atoms with Crippen molar-refractivity contribution < 1.29 is 23.9 Å². The van der Waals surface area contributed by atoms with Crippen molar-refractivity contribution in [2.45, 2.75) is 46.6 Å². The number of amides is 2. The molecule has 7 nitrogen and oxygen atoms in total. The molecule has 1 saturated heterocycles. The molecule has 0 saturated carbocycles. The van der Waals surface area contributed by atoms with Crippen LogP contribution in [0.4, 0.5) is 5.69 Å². The number of hydrogen-bond donors (Lipinski definition) is 1. The van der Waals surface area contributed by atoms with E-state index in [4.69, 9.17) is 9.47 Å². The Bertz CT molecular complexity index is 701. The third-order valence-electron chi connectivity index (χ3n) is 4.78. The number of nitrogens with zero attached hydrogens (tertiary/aromatic N) is 1. The van der Waals surface area contributed by atoms with Gasteiger partial charge in [-0.2, -0.15) is 0 Å². The van der Waals surface area contributed by atoms with Gasteiger partial charge in [-0.25, -0.2) is 0 Å². The normalized spacial score (nSPS) is 16.2. The maximum atomic E-state index is 12.4. The van der Waals surface area contributed by atoms with Crippen molar-refractivity contribution in [2.24, 2.45) is 11.3 Å². The molecule has 2 rings (SSSR count). The molecule has 28 heavy (non-hydrogen) atoms. The van der Waals surface area contributed by atoms with Crippen LogP contribution in [0.15, 0.2) is 24.3 Å². The van der Waals surface area contributed by atoms with Gasteiger partial charge in [0.15, 0.2) is 6.10 Å². The van der Waals surface area contributed by atoms with E-state index in [1.54, 1.807) is 43.2 Å². The van der Waals surface area contributed by atoms with Crippen LogP contribution in [0.3, 0.4) is 0 Å². The number of esters is 1. The molecule has 0 spiro atoms. The summed E-state index contributed by atoms with van der Waals surface area (Å²) in [6, 6.07) is 6.90. The summed E-state index contributed by atoms with van der Waals surface area (Å²) in [7, 11) is 1.57. The van der Waals surface area contributed by atoms with Crippen LogP contribution in [0.25, 0.3) is 0 Å². The van der Waals surface area contributed by atoms with E-state index in [0.717, 1.165) is 0 Å². The van der Waals surface area contributed by atoms with Crippen molar-refractivity contribution in [1.82, 2.24) is 4.90 Å². The zero-order chi connectivity index (χ0) is 20.9. The molecule has 1 aliphatic heterocycles. The predicted molar refractivity (Wildman–Crippen MR) is 106 cm³/mol. The van der Waals surface area contributed by atoms with Crippen molar-refractivity contribution in [1.29, 1.82) is 0 Å². The highest BCUT2D eigenvalue weighted by Gasteiger charge is 2.33. The molecule has 1 aromatic rings. The Morgan fingerprint density at radius 3 is 2.18 bits per heavy atom. The summed E-state index contributed by atoms with van der Waals surface area (Å²) in [5.74, 6) is -0.292. The Balaban J connectivity index is 1.82. The first-order valence-corrected chi connectivity index (χ1v) is 9.56. The lowest BCUT2D eigenvalue weighted by Gasteiger charge is -2.35. The van der Waals surface area contributed by atoms with Gasteiger partial charge in [-0.1, -0.05) is 20.8 Å². The highest BCUT2D eigenvalue weighted by molar-refractivity contribution is 5.95. The molecule has 0 radical (unpaired) electrons. The molecule has 1 atom stereocenters. The van der Waals surface area contributed by atoms with E-state index >= 15 is 0 Å². The Morgan fingerprint density at radius 1 is 1.11 bits per heavy atom. The van der Waals surface area contributed by atoms with E-state index in [1.165, 1.54) is 0 Å². The molecule has 0 bridgehead atoms. The number of carbonyl (C=O) groups excluding carboxylic acids is 3. The SMILES string of the molecule is COc1ccc(NC(=O)[C@H](C)OC(=O)C2CCN(C(=O)C(C)(C)C)CC2)cc1.